The van der Waals surface area contributed by atoms with Crippen LogP contribution in [0.1, 0.15) is 58.4 Å². The fourth-order valence-corrected chi connectivity index (χ4v) is 3.59. The van der Waals surface area contributed by atoms with E-state index in [1.165, 1.54) is 32.1 Å². The summed E-state index contributed by atoms with van der Waals surface area (Å²) in [5.74, 6) is 1.66. The summed E-state index contributed by atoms with van der Waals surface area (Å²) in [4.78, 5) is 2.30. The van der Waals surface area contributed by atoms with Crippen molar-refractivity contribution >= 4 is 0 Å². The maximum absolute atomic E-state index is 10.4. The Hall–Kier alpha value is -1.26. The quantitative estimate of drug-likeness (QED) is 0.808. The van der Waals surface area contributed by atoms with Crippen molar-refractivity contribution in [2.45, 2.75) is 70.4 Å². The van der Waals surface area contributed by atoms with Crippen molar-refractivity contribution in [2.75, 3.05) is 27.3 Å². The maximum atomic E-state index is 10.4. The fourth-order valence-electron chi connectivity index (χ4n) is 3.59. The second-order valence-electron chi connectivity index (χ2n) is 8.31. The van der Waals surface area contributed by atoms with Crippen LogP contribution in [0, 0.1) is 0 Å². The van der Waals surface area contributed by atoms with Crippen LogP contribution in [0.25, 0.3) is 0 Å². The van der Waals surface area contributed by atoms with Gasteiger partial charge in [0.15, 0.2) is 0 Å². The monoisotopic (exact) mass is 349 g/mol. The molecule has 0 spiro atoms. The van der Waals surface area contributed by atoms with Gasteiger partial charge in [0, 0.05) is 18.2 Å². The van der Waals surface area contributed by atoms with E-state index in [9.17, 15) is 5.11 Å². The third kappa shape index (κ3) is 5.89. The minimum absolute atomic E-state index is 0.0479. The first-order valence-electron chi connectivity index (χ1n) is 9.51. The molecule has 1 atom stereocenters. The van der Waals surface area contributed by atoms with E-state index in [1.807, 2.05) is 18.2 Å². The van der Waals surface area contributed by atoms with Gasteiger partial charge >= 0.3 is 0 Å². The highest BCUT2D eigenvalue weighted by atomic mass is 16.5. The molecule has 0 bridgehead atoms. The molecule has 142 valence electrons. The number of likely N-dealkylation sites (N-methyl/N-ethyl adjacent to an activating group) is 1. The molecule has 0 radical (unpaired) electrons. The molecule has 1 fully saturated rings. The van der Waals surface area contributed by atoms with E-state index in [-0.39, 0.29) is 5.41 Å². The second-order valence-corrected chi connectivity index (χ2v) is 8.31. The number of ether oxygens (including phenoxy) is 2. The normalized spacial score (nSPS) is 17.6. The molecule has 1 saturated carbocycles. The van der Waals surface area contributed by atoms with E-state index >= 15 is 0 Å². The van der Waals surface area contributed by atoms with Gasteiger partial charge in [-0.3, -0.25) is 0 Å². The molecule has 1 aliphatic carbocycles. The largest absolute Gasteiger partial charge is 0.497 e. The second kappa shape index (κ2) is 8.91. The molecule has 0 heterocycles. The molecule has 0 aromatic heterocycles. The van der Waals surface area contributed by atoms with Crippen LogP contribution in [0.4, 0.5) is 0 Å². The fraction of sp³-hybridized carbons (Fsp3) is 0.714. The Morgan fingerprint density at radius 2 is 1.88 bits per heavy atom. The van der Waals surface area contributed by atoms with Crippen molar-refractivity contribution in [3.05, 3.63) is 23.8 Å². The summed E-state index contributed by atoms with van der Waals surface area (Å²) in [6.45, 7) is 7.43. The molecule has 2 rings (SSSR count). The van der Waals surface area contributed by atoms with Gasteiger partial charge in [-0.15, -0.1) is 0 Å². The lowest BCUT2D eigenvalue weighted by Gasteiger charge is -2.32. The van der Waals surface area contributed by atoms with Gasteiger partial charge in [-0.1, -0.05) is 40.0 Å². The van der Waals surface area contributed by atoms with Gasteiger partial charge < -0.3 is 19.5 Å². The summed E-state index contributed by atoms with van der Waals surface area (Å²) in [6, 6.07) is 6.48. The molecule has 1 N–H and O–H groups in total. The van der Waals surface area contributed by atoms with Gasteiger partial charge in [-0.2, -0.15) is 0 Å². The minimum Gasteiger partial charge on any atom is -0.497 e. The molecule has 4 heteroatoms. The molecule has 1 aromatic rings. The third-order valence-corrected chi connectivity index (χ3v) is 5.12. The number of rotatable bonds is 7. The molecular formula is C21H35NO3. The lowest BCUT2D eigenvalue weighted by molar-refractivity contribution is 0.0556. The standard InChI is InChI=1S/C21H35NO3/c1-21(2,3)19-13-18(24-5)11-12-20(19)25-15-17(23)14-22(4)16-9-7-6-8-10-16/h11-13,16-17,23H,6-10,14-15H2,1-5H3/t17-/m1/s1. The Labute approximate surface area is 153 Å². The van der Waals surface area contributed by atoms with Crippen LogP contribution in [0.2, 0.25) is 0 Å². The third-order valence-electron chi connectivity index (χ3n) is 5.12. The van der Waals surface area contributed by atoms with Gasteiger partial charge in [0.1, 0.15) is 24.2 Å². The number of aliphatic hydroxyl groups excluding tert-OH is 1. The smallest absolute Gasteiger partial charge is 0.123 e. The summed E-state index contributed by atoms with van der Waals surface area (Å²) < 4.78 is 11.3. The first-order chi connectivity index (χ1) is 11.8. The van der Waals surface area contributed by atoms with Crippen LogP contribution in [0.3, 0.4) is 0 Å². The lowest BCUT2D eigenvalue weighted by Crippen LogP contribution is -2.40. The lowest BCUT2D eigenvalue weighted by atomic mass is 9.86. The summed E-state index contributed by atoms with van der Waals surface area (Å²) in [7, 11) is 3.79. The van der Waals surface area contributed by atoms with E-state index in [0.29, 0.717) is 19.2 Å². The molecule has 1 aromatic carbocycles. The number of hydrogen-bond acceptors (Lipinski definition) is 4. The molecule has 25 heavy (non-hydrogen) atoms. The van der Waals surface area contributed by atoms with Crippen molar-refractivity contribution < 1.29 is 14.6 Å². The van der Waals surface area contributed by atoms with Crippen LogP contribution in [0.15, 0.2) is 18.2 Å². The van der Waals surface area contributed by atoms with Crippen LogP contribution < -0.4 is 9.47 Å². The number of aliphatic hydroxyl groups is 1. The van der Waals surface area contributed by atoms with E-state index in [4.69, 9.17) is 9.47 Å². The highest BCUT2D eigenvalue weighted by molar-refractivity contribution is 5.44. The first-order valence-corrected chi connectivity index (χ1v) is 9.51. The Bertz CT molecular complexity index is 532. The van der Waals surface area contributed by atoms with Crippen LogP contribution in [0.5, 0.6) is 11.5 Å². The van der Waals surface area contributed by atoms with E-state index in [2.05, 4.69) is 32.7 Å². The molecule has 0 amide bonds. The van der Waals surface area contributed by atoms with Gasteiger partial charge in [-0.25, -0.2) is 0 Å². The van der Waals surface area contributed by atoms with Gasteiger partial charge in [0.2, 0.25) is 0 Å². The van der Waals surface area contributed by atoms with Crippen molar-refractivity contribution in [3.8, 4) is 11.5 Å². The van der Waals surface area contributed by atoms with E-state index in [1.54, 1.807) is 7.11 Å². The Kier molecular flexibility index (Phi) is 7.14. The highest BCUT2D eigenvalue weighted by Gasteiger charge is 2.22. The van der Waals surface area contributed by atoms with E-state index in [0.717, 1.165) is 17.1 Å². The minimum atomic E-state index is -0.484. The zero-order valence-corrected chi connectivity index (χ0v) is 16.5. The Morgan fingerprint density at radius 3 is 2.48 bits per heavy atom. The predicted octanol–water partition coefficient (Wildman–Crippen LogP) is 4.00. The van der Waals surface area contributed by atoms with Gasteiger partial charge in [-0.05, 0) is 43.5 Å². The predicted molar refractivity (Wildman–Crippen MR) is 103 cm³/mol. The highest BCUT2D eigenvalue weighted by Crippen LogP contribution is 2.34. The number of hydrogen-bond donors (Lipinski definition) is 1. The summed E-state index contributed by atoms with van der Waals surface area (Å²) in [6.07, 6.45) is 5.98. The van der Waals surface area contributed by atoms with Gasteiger partial charge in [0.05, 0.1) is 7.11 Å². The number of methoxy groups -OCH3 is 1. The molecule has 0 aliphatic heterocycles. The summed E-state index contributed by atoms with van der Waals surface area (Å²) in [5, 5.41) is 10.4. The van der Waals surface area contributed by atoms with Gasteiger partial charge in [0.25, 0.3) is 0 Å². The van der Waals surface area contributed by atoms with Crippen molar-refractivity contribution in [1.29, 1.82) is 0 Å². The average Bonchev–Trinajstić information content (AvgIpc) is 2.59. The summed E-state index contributed by atoms with van der Waals surface area (Å²) >= 11 is 0. The summed E-state index contributed by atoms with van der Waals surface area (Å²) in [5.41, 5.74) is 1.05. The SMILES string of the molecule is COc1ccc(OC[C@H](O)CN(C)C2CCCCC2)c(C(C)(C)C)c1. The van der Waals surface area contributed by atoms with E-state index < -0.39 is 6.10 Å². The number of benzene rings is 1. The Morgan fingerprint density at radius 1 is 1.20 bits per heavy atom. The number of nitrogens with zero attached hydrogens (tertiary/aromatic N) is 1. The van der Waals surface area contributed by atoms with Crippen molar-refractivity contribution in [3.63, 3.8) is 0 Å². The average molecular weight is 350 g/mol. The van der Waals surface area contributed by atoms with Crippen molar-refractivity contribution in [2.24, 2.45) is 0 Å². The Balaban J connectivity index is 1.93. The zero-order valence-electron chi connectivity index (χ0n) is 16.5. The van der Waals surface area contributed by atoms with Crippen LogP contribution in [-0.4, -0.2) is 49.5 Å². The van der Waals surface area contributed by atoms with Crippen molar-refractivity contribution in [1.82, 2.24) is 4.90 Å². The van der Waals surface area contributed by atoms with Crippen LogP contribution in [-0.2, 0) is 5.41 Å². The maximum Gasteiger partial charge on any atom is 0.123 e. The first kappa shape index (κ1) is 20.1. The molecule has 1 aliphatic rings. The zero-order chi connectivity index (χ0) is 18.4. The molecule has 4 nitrogen and oxygen atoms in total. The van der Waals surface area contributed by atoms with Crippen LogP contribution >= 0.6 is 0 Å². The molecule has 0 unspecified atom stereocenters. The topological polar surface area (TPSA) is 41.9 Å². The molecule has 0 saturated heterocycles. The molecular weight excluding hydrogens is 314 g/mol.